The minimum Gasteiger partial charge on any atom is -0.344 e. The molecule has 0 fully saturated rings. The maximum absolute atomic E-state index is 11.7. The van der Waals surface area contributed by atoms with Crippen LogP contribution in [0.4, 0.5) is 0 Å². The van der Waals surface area contributed by atoms with Gasteiger partial charge in [0.15, 0.2) is 0 Å². The van der Waals surface area contributed by atoms with Gasteiger partial charge in [-0.15, -0.1) is 0 Å². The van der Waals surface area contributed by atoms with Gasteiger partial charge in [-0.05, 0) is 18.9 Å². The Morgan fingerprint density at radius 1 is 0.733 bits per heavy atom. The summed E-state index contributed by atoms with van der Waals surface area (Å²) in [5, 5.41) is 2.51. The molecule has 0 unspecified atom stereocenters. The van der Waals surface area contributed by atoms with Crippen LogP contribution in [0, 0.1) is 0 Å². The molecule has 174 valence electrons. The van der Waals surface area contributed by atoms with Gasteiger partial charge in [0.05, 0.1) is 5.70 Å². The van der Waals surface area contributed by atoms with Crippen LogP contribution in [-0.2, 0) is 9.59 Å². The number of nitrogens with zero attached hydrogens (tertiary/aromatic N) is 1. The first-order chi connectivity index (χ1) is 14.5. The Hall–Kier alpha value is -1.58. The highest BCUT2D eigenvalue weighted by Crippen LogP contribution is 2.14. The predicted octanol–water partition coefficient (Wildman–Crippen LogP) is 6.91. The van der Waals surface area contributed by atoms with Crippen molar-refractivity contribution in [2.45, 2.75) is 116 Å². The Morgan fingerprint density at radius 3 is 1.53 bits per heavy atom. The molecule has 2 amide bonds. The molecule has 0 aromatic carbocycles. The van der Waals surface area contributed by atoms with Crippen molar-refractivity contribution in [1.29, 1.82) is 0 Å². The van der Waals surface area contributed by atoms with Crippen molar-refractivity contribution >= 4 is 11.8 Å². The third-order valence-corrected chi connectivity index (χ3v) is 5.43. The summed E-state index contributed by atoms with van der Waals surface area (Å²) >= 11 is 0. The van der Waals surface area contributed by atoms with Gasteiger partial charge in [0.1, 0.15) is 0 Å². The van der Waals surface area contributed by atoms with E-state index in [0.29, 0.717) is 0 Å². The van der Waals surface area contributed by atoms with Gasteiger partial charge >= 0.3 is 0 Å². The summed E-state index contributed by atoms with van der Waals surface area (Å²) in [6.45, 7) is 5.87. The van der Waals surface area contributed by atoms with E-state index in [9.17, 15) is 9.59 Å². The number of likely N-dealkylation sites (N-methyl/N-ethyl adjacent to an activating group) is 1. The Labute approximate surface area is 186 Å². The lowest BCUT2D eigenvalue weighted by molar-refractivity contribution is -0.126. The molecule has 0 aromatic rings. The van der Waals surface area contributed by atoms with Crippen molar-refractivity contribution in [2.24, 2.45) is 0 Å². The van der Waals surface area contributed by atoms with Gasteiger partial charge in [0.25, 0.3) is 5.91 Å². The molecule has 0 spiro atoms. The Morgan fingerprint density at radius 2 is 1.13 bits per heavy atom. The van der Waals surface area contributed by atoms with E-state index < -0.39 is 0 Å². The summed E-state index contributed by atoms with van der Waals surface area (Å²) in [6, 6.07) is 0. The van der Waals surface area contributed by atoms with Gasteiger partial charge in [-0.25, -0.2) is 0 Å². The summed E-state index contributed by atoms with van der Waals surface area (Å²) in [6.07, 6.45) is 26.1. The van der Waals surface area contributed by atoms with Crippen LogP contribution in [0.2, 0.25) is 0 Å². The molecule has 0 aliphatic heterocycles. The molecular formula is C26H48N2O2. The maximum atomic E-state index is 11.7. The normalized spacial score (nSPS) is 11.0. The van der Waals surface area contributed by atoms with Gasteiger partial charge in [-0.3, -0.25) is 9.59 Å². The van der Waals surface area contributed by atoms with Crippen LogP contribution in [0.3, 0.4) is 0 Å². The highest BCUT2D eigenvalue weighted by atomic mass is 16.2. The molecule has 4 nitrogen and oxygen atoms in total. The van der Waals surface area contributed by atoms with Crippen LogP contribution in [0.5, 0.6) is 0 Å². The number of amides is 2. The molecule has 0 bridgehead atoms. The average Bonchev–Trinajstić information content (AvgIpc) is 2.72. The second-order valence-electron chi connectivity index (χ2n) is 8.66. The van der Waals surface area contributed by atoms with Gasteiger partial charge in [0, 0.05) is 14.1 Å². The summed E-state index contributed by atoms with van der Waals surface area (Å²) in [5.74, 6) is -0.568. The maximum Gasteiger partial charge on any atom is 0.269 e. The summed E-state index contributed by atoms with van der Waals surface area (Å²) in [5.41, 5.74) is 0.108. The first-order valence-corrected chi connectivity index (χ1v) is 12.4. The van der Waals surface area contributed by atoms with Gasteiger partial charge < -0.3 is 10.2 Å². The highest BCUT2D eigenvalue weighted by molar-refractivity contribution is 5.99. The molecule has 30 heavy (non-hydrogen) atoms. The van der Waals surface area contributed by atoms with Gasteiger partial charge in [-0.1, -0.05) is 116 Å². The lowest BCUT2D eigenvalue weighted by Gasteiger charge is -2.12. The molecule has 0 aliphatic carbocycles. The van der Waals surface area contributed by atoms with Crippen LogP contribution in [0.25, 0.3) is 0 Å². The molecule has 0 saturated carbocycles. The van der Waals surface area contributed by atoms with E-state index >= 15 is 0 Å². The van der Waals surface area contributed by atoms with Crippen LogP contribution in [0.15, 0.2) is 24.4 Å². The lowest BCUT2D eigenvalue weighted by Crippen LogP contribution is -2.32. The second kappa shape index (κ2) is 20.7. The van der Waals surface area contributed by atoms with Gasteiger partial charge in [-0.2, -0.15) is 0 Å². The van der Waals surface area contributed by atoms with E-state index in [4.69, 9.17) is 0 Å². The molecule has 0 aliphatic rings. The fourth-order valence-electron chi connectivity index (χ4n) is 3.51. The second-order valence-corrected chi connectivity index (χ2v) is 8.66. The Balaban J connectivity index is 3.36. The lowest BCUT2D eigenvalue weighted by atomic mass is 10.0. The highest BCUT2D eigenvalue weighted by Gasteiger charge is 2.10. The number of rotatable bonds is 20. The summed E-state index contributed by atoms with van der Waals surface area (Å²) < 4.78 is 0. The van der Waals surface area contributed by atoms with Crippen molar-refractivity contribution in [3.63, 3.8) is 0 Å². The largest absolute Gasteiger partial charge is 0.344 e. The van der Waals surface area contributed by atoms with Gasteiger partial charge in [0.2, 0.25) is 5.91 Å². The third kappa shape index (κ3) is 18.4. The number of nitrogens with one attached hydrogen (secondary N) is 1. The number of allylic oxidation sites excluding steroid dienone is 1. The fourth-order valence-corrected chi connectivity index (χ4v) is 3.51. The zero-order valence-electron chi connectivity index (χ0n) is 20.1. The van der Waals surface area contributed by atoms with E-state index in [1.807, 2.05) is 6.08 Å². The van der Waals surface area contributed by atoms with Crippen LogP contribution in [0.1, 0.15) is 116 Å². The molecule has 1 N–H and O–H groups in total. The van der Waals surface area contributed by atoms with Crippen LogP contribution in [-0.4, -0.2) is 30.8 Å². The van der Waals surface area contributed by atoms with Crippen molar-refractivity contribution in [3.05, 3.63) is 24.4 Å². The molecular weight excluding hydrogens is 372 g/mol. The van der Waals surface area contributed by atoms with E-state index in [0.717, 1.165) is 12.8 Å². The molecule has 4 heteroatoms. The molecule has 0 aromatic heterocycles. The Bertz CT molecular complexity index is 483. The third-order valence-electron chi connectivity index (χ3n) is 5.43. The smallest absolute Gasteiger partial charge is 0.269 e. The first-order valence-electron chi connectivity index (χ1n) is 12.4. The van der Waals surface area contributed by atoms with Crippen molar-refractivity contribution in [3.8, 4) is 0 Å². The van der Waals surface area contributed by atoms with E-state index in [-0.39, 0.29) is 17.5 Å². The number of unbranched alkanes of at least 4 members (excludes halogenated alkanes) is 16. The summed E-state index contributed by atoms with van der Waals surface area (Å²) in [7, 11) is 3.26. The average molecular weight is 421 g/mol. The topological polar surface area (TPSA) is 49.4 Å². The molecule has 0 rings (SSSR count). The molecule has 0 saturated heterocycles. The van der Waals surface area contributed by atoms with Crippen molar-refractivity contribution in [2.75, 3.05) is 14.1 Å². The number of hydrogen-bond donors (Lipinski definition) is 1. The molecule has 0 atom stereocenters. The van der Waals surface area contributed by atoms with Crippen LogP contribution >= 0.6 is 0 Å². The quantitative estimate of drug-likeness (QED) is 0.172. The molecule has 0 radical (unpaired) electrons. The van der Waals surface area contributed by atoms with Crippen molar-refractivity contribution < 1.29 is 9.59 Å². The minimum absolute atomic E-state index is 0.108. The van der Waals surface area contributed by atoms with Crippen molar-refractivity contribution in [1.82, 2.24) is 10.2 Å². The summed E-state index contributed by atoms with van der Waals surface area (Å²) in [4.78, 5) is 24.7. The monoisotopic (exact) mass is 420 g/mol. The zero-order valence-corrected chi connectivity index (χ0v) is 20.1. The van der Waals surface area contributed by atoms with E-state index in [1.54, 1.807) is 14.1 Å². The number of carbonyl (C=O) groups excluding carboxylic acids is 2. The minimum atomic E-state index is -0.285. The SMILES string of the molecule is C=C(NC(=O)C=CCCCCCCCCCCCCCCCCCC)C(=O)N(C)C. The van der Waals surface area contributed by atoms with Crippen LogP contribution < -0.4 is 5.32 Å². The standard InChI is InChI=1S/C26H48N2O2/c1-5-6-7-8-9-10-11-12-13-14-15-16-17-18-19-20-21-22-23-25(29)27-24(2)26(30)28(3)4/h22-23H,2,5-21H2,1,3-4H3,(H,27,29). The zero-order chi connectivity index (χ0) is 22.5. The molecule has 0 heterocycles. The first kappa shape index (κ1) is 28.4. The number of hydrogen-bond acceptors (Lipinski definition) is 2. The van der Waals surface area contributed by atoms with E-state index in [1.165, 1.54) is 107 Å². The van der Waals surface area contributed by atoms with E-state index in [2.05, 4.69) is 18.8 Å². The number of carbonyl (C=O) groups is 2. The Kier molecular flexibility index (Phi) is 19.6. The predicted molar refractivity (Wildman–Crippen MR) is 129 cm³/mol. The fraction of sp³-hybridized carbons (Fsp3) is 0.769.